The number of amides is 1. The van der Waals surface area contributed by atoms with Crippen molar-refractivity contribution in [3.8, 4) is 5.69 Å². The van der Waals surface area contributed by atoms with Crippen molar-refractivity contribution in [1.29, 1.82) is 0 Å². The minimum atomic E-state index is -0.0444. The first-order valence-electron chi connectivity index (χ1n) is 11.2. The van der Waals surface area contributed by atoms with Crippen molar-refractivity contribution < 1.29 is 4.79 Å². The number of carbonyl (C=O) groups excluding carboxylic acids is 1. The average molecular weight is 482 g/mol. The molecule has 0 atom stereocenters. The van der Waals surface area contributed by atoms with Gasteiger partial charge in [-0.1, -0.05) is 36.0 Å². The zero-order chi connectivity index (χ0) is 23.4. The van der Waals surface area contributed by atoms with Gasteiger partial charge in [-0.3, -0.25) is 14.3 Å². The molecule has 4 rings (SSSR count). The quantitative estimate of drug-likeness (QED) is 0.490. The second-order valence-corrected chi connectivity index (χ2v) is 10.7. The molecule has 1 amide bonds. The molecule has 2 aromatic carbocycles. The number of hydrogen-bond acceptors (Lipinski definition) is 6. The number of anilines is 1. The van der Waals surface area contributed by atoms with Crippen LogP contribution >= 0.6 is 23.5 Å². The minimum absolute atomic E-state index is 0.0444. The summed E-state index contributed by atoms with van der Waals surface area (Å²) in [4.78, 5) is 15.2. The van der Waals surface area contributed by atoms with E-state index in [9.17, 15) is 4.79 Å². The number of nitrogens with one attached hydrogen (secondary N) is 1. The Morgan fingerprint density at radius 1 is 1.03 bits per heavy atom. The molecule has 1 N–H and O–H groups in total. The fourth-order valence-electron chi connectivity index (χ4n) is 3.97. The van der Waals surface area contributed by atoms with Crippen LogP contribution in [-0.2, 0) is 11.3 Å². The van der Waals surface area contributed by atoms with Crippen molar-refractivity contribution in [2.24, 2.45) is 0 Å². The predicted molar refractivity (Wildman–Crippen MR) is 139 cm³/mol. The van der Waals surface area contributed by atoms with Gasteiger partial charge in [0.25, 0.3) is 0 Å². The lowest BCUT2D eigenvalue weighted by molar-refractivity contribution is -0.113. The molecule has 1 fully saturated rings. The highest BCUT2D eigenvalue weighted by Gasteiger charge is 2.16. The normalized spacial score (nSPS) is 14.4. The maximum atomic E-state index is 12.7. The molecule has 8 heteroatoms. The van der Waals surface area contributed by atoms with Crippen LogP contribution in [0.2, 0.25) is 0 Å². The van der Waals surface area contributed by atoms with E-state index >= 15 is 0 Å². The van der Waals surface area contributed by atoms with Crippen LogP contribution < -0.4 is 5.32 Å². The van der Waals surface area contributed by atoms with Crippen LogP contribution in [0.1, 0.15) is 28.1 Å². The van der Waals surface area contributed by atoms with Crippen LogP contribution in [0.5, 0.6) is 0 Å². The number of thioether (sulfide) groups is 2. The highest BCUT2D eigenvalue weighted by atomic mass is 32.2. The van der Waals surface area contributed by atoms with E-state index in [0.717, 1.165) is 53.1 Å². The Morgan fingerprint density at radius 3 is 2.58 bits per heavy atom. The van der Waals surface area contributed by atoms with E-state index < -0.39 is 0 Å². The summed E-state index contributed by atoms with van der Waals surface area (Å²) in [5.74, 6) is 3.46. The third-order valence-electron chi connectivity index (χ3n) is 5.81. The Kier molecular flexibility index (Phi) is 7.78. The average Bonchev–Trinajstić information content (AvgIpc) is 3.16. The van der Waals surface area contributed by atoms with Gasteiger partial charge in [0.05, 0.1) is 11.4 Å². The smallest absolute Gasteiger partial charge is 0.234 e. The molecule has 3 aromatic rings. The van der Waals surface area contributed by atoms with E-state index in [4.69, 9.17) is 0 Å². The van der Waals surface area contributed by atoms with Crippen molar-refractivity contribution >= 4 is 35.1 Å². The minimum Gasteiger partial charge on any atom is -0.325 e. The SMILES string of the molecule is Cc1ccc(C)c(-n2c(C)nnc2SCC(=O)Nc2ccc(CN3CCSCC3)cc2C)c1. The number of benzene rings is 2. The van der Waals surface area contributed by atoms with Crippen molar-refractivity contribution in [1.82, 2.24) is 19.7 Å². The third kappa shape index (κ3) is 5.99. The third-order valence-corrected chi connectivity index (χ3v) is 7.68. The summed E-state index contributed by atoms with van der Waals surface area (Å²) < 4.78 is 2.03. The Labute approximate surface area is 204 Å². The predicted octanol–water partition coefficient (Wildman–Crippen LogP) is 4.78. The summed E-state index contributed by atoms with van der Waals surface area (Å²) in [6.07, 6.45) is 0. The van der Waals surface area contributed by atoms with Crippen LogP contribution in [0.25, 0.3) is 5.69 Å². The fourth-order valence-corrected chi connectivity index (χ4v) is 5.74. The fraction of sp³-hybridized carbons (Fsp3) is 0.400. The topological polar surface area (TPSA) is 63.1 Å². The molecule has 2 heterocycles. The van der Waals surface area contributed by atoms with Crippen LogP contribution in [0.3, 0.4) is 0 Å². The second-order valence-electron chi connectivity index (χ2n) is 8.53. The summed E-state index contributed by atoms with van der Waals surface area (Å²) in [6.45, 7) is 11.4. The standard InChI is InChI=1S/C25H31N5OS2/c1-17-5-6-18(2)23(13-17)30-20(4)27-28-25(30)33-16-24(31)26-22-8-7-21(14-19(22)3)15-29-9-11-32-12-10-29/h5-8,13-14H,9-12,15-16H2,1-4H3,(H,26,31). The Bertz CT molecular complexity index is 1140. The summed E-state index contributed by atoms with van der Waals surface area (Å²) in [7, 11) is 0. The molecule has 0 unspecified atom stereocenters. The molecule has 174 valence electrons. The van der Waals surface area contributed by atoms with E-state index in [1.807, 2.05) is 29.3 Å². The van der Waals surface area contributed by atoms with Crippen LogP contribution in [0.4, 0.5) is 5.69 Å². The van der Waals surface area contributed by atoms with Gasteiger partial charge in [0, 0.05) is 36.8 Å². The van der Waals surface area contributed by atoms with Crippen LogP contribution in [-0.4, -0.2) is 55.9 Å². The number of hydrogen-bond donors (Lipinski definition) is 1. The molecule has 1 aliphatic rings. The lowest BCUT2D eigenvalue weighted by Crippen LogP contribution is -2.31. The lowest BCUT2D eigenvalue weighted by atomic mass is 10.1. The number of aryl methyl sites for hydroxylation is 4. The van der Waals surface area contributed by atoms with Gasteiger partial charge < -0.3 is 5.32 Å². The van der Waals surface area contributed by atoms with Gasteiger partial charge in [0.15, 0.2) is 5.16 Å². The van der Waals surface area contributed by atoms with Gasteiger partial charge >= 0.3 is 0 Å². The molecule has 6 nitrogen and oxygen atoms in total. The van der Waals surface area contributed by atoms with Crippen molar-refractivity contribution in [2.75, 3.05) is 35.7 Å². The van der Waals surface area contributed by atoms with Gasteiger partial charge in [-0.05, 0) is 62.1 Å². The van der Waals surface area contributed by atoms with Gasteiger partial charge in [-0.15, -0.1) is 10.2 Å². The van der Waals surface area contributed by atoms with Crippen LogP contribution in [0.15, 0.2) is 41.6 Å². The molecular formula is C25H31N5OS2. The molecule has 0 bridgehead atoms. The molecule has 0 aliphatic carbocycles. The maximum absolute atomic E-state index is 12.7. The van der Waals surface area contributed by atoms with E-state index in [1.54, 1.807) is 0 Å². The molecular weight excluding hydrogens is 450 g/mol. The van der Waals surface area contributed by atoms with E-state index in [-0.39, 0.29) is 11.7 Å². The Balaban J connectivity index is 1.39. The molecule has 1 aromatic heterocycles. The van der Waals surface area contributed by atoms with Crippen molar-refractivity contribution in [3.63, 3.8) is 0 Å². The maximum Gasteiger partial charge on any atom is 0.234 e. The summed E-state index contributed by atoms with van der Waals surface area (Å²) >= 11 is 3.43. The first-order chi connectivity index (χ1) is 15.9. The van der Waals surface area contributed by atoms with E-state index in [1.165, 1.54) is 34.4 Å². The number of aromatic nitrogens is 3. The van der Waals surface area contributed by atoms with Gasteiger partial charge in [0.2, 0.25) is 5.91 Å². The second kappa shape index (κ2) is 10.8. The van der Waals surface area contributed by atoms with E-state index in [2.05, 4.69) is 71.5 Å². The molecule has 0 saturated carbocycles. The summed E-state index contributed by atoms with van der Waals surface area (Å²) in [5, 5.41) is 12.4. The highest BCUT2D eigenvalue weighted by Crippen LogP contribution is 2.25. The number of rotatable bonds is 7. The zero-order valence-corrected chi connectivity index (χ0v) is 21.4. The number of carbonyl (C=O) groups is 1. The van der Waals surface area contributed by atoms with E-state index in [0.29, 0.717) is 0 Å². The van der Waals surface area contributed by atoms with Gasteiger partial charge in [-0.25, -0.2) is 0 Å². The molecule has 1 saturated heterocycles. The monoisotopic (exact) mass is 481 g/mol. The first kappa shape index (κ1) is 23.9. The zero-order valence-electron chi connectivity index (χ0n) is 19.7. The molecule has 0 spiro atoms. The highest BCUT2D eigenvalue weighted by molar-refractivity contribution is 7.99. The molecule has 1 aliphatic heterocycles. The lowest BCUT2D eigenvalue weighted by Gasteiger charge is -2.26. The Morgan fingerprint density at radius 2 is 1.82 bits per heavy atom. The van der Waals surface area contributed by atoms with Crippen molar-refractivity contribution in [2.45, 2.75) is 39.4 Å². The molecule has 0 radical (unpaired) electrons. The summed E-state index contributed by atoms with van der Waals surface area (Å²) in [6, 6.07) is 12.7. The largest absolute Gasteiger partial charge is 0.325 e. The molecule has 33 heavy (non-hydrogen) atoms. The van der Waals surface area contributed by atoms with Gasteiger partial charge in [-0.2, -0.15) is 11.8 Å². The number of nitrogens with zero attached hydrogens (tertiary/aromatic N) is 4. The van der Waals surface area contributed by atoms with Gasteiger partial charge in [0.1, 0.15) is 5.82 Å². The Hall–Kier alpha value is -2.29. The first-order valence-corrected chi connectivity index (χ1v) is 13.4. The summed E-state index contributed by atoms with van der Waals surface area (Å²) in [5.41, 5.74) is 6.63. The van der Waals surface area contributed by atoms with Crippen molar-refractivity contribution in [3.05, 3.63) is 64.5 Å². The van der Waals surface area contributed by atoms with Crippen LogP contribution in [0, 0.1) is 27.7 Å².